The van der Waals surface area contributed by atoms with Crippen LogP contribution in [0.25, 0.3) is 0 Å². The Hall–Kier alpha value is 0.897. The minimum atomic E-state index is -3.26. The monoisotopic (exact) mass is 414 g/mol. The third-order valence-electron chi connectivity index (χ3n) is 0.0956. The third kappa shape index (κ3) is 723. The van der Waals surface area contributed by atoms with Crippen molar-refractivity contribution >= 4 is 20.5 Å². The molecule has 0 aromatic heterocycles. The number of hydrogen-bond donors (Lipinski definition) is 4. The first-order valence-corrected chi connectivity index (χ1v) is 2.84. The fraction of sp³-hybridized carbons (Fsp3) is 0.600. The van der Waals surface area contributed by atoms with Crippen LogP contribution in [0.3, 0.4) is 0 Å². The number of carbonyl (C=O) groups is 1. The molecule has 0 radical (unpaired) electrons. The molecule has 146 valence electrons. The molecule has 12 N–H and O–H groups in total. The Kier molecular flexibility index (Phi) is 1210. The van der Waals surface area contributed by atoms with Crippen LogP contribution in [0.5, 0.6) is 0 Å². The first-order valence-electron chi connectivity index (χ1n) is 1.75. The van der Waals surface area contributed by atoms with Gasteiger partial charge in [-0.2, -0.15) is 9.59 Å². The van der Waals surface area contributed by atoms with Gasteiger partial charge in [-0.25, -0.2) is 9.13 Å². The molecule has 0 atom stereocenters. The molecule has 24 heavy (non-hydrogen) atoms. The quantitative estimate of drug-likeness (QED) is 0.108. The molecule has 0 aromatic carbocycles. The molecule has 0 saturated heterocycles. The van der Waals surface area contributed by atoms with E-state index < -0.39 is 7.91 Å². The molecular weight excluding hydrogens is 385 g/mol. The van der Waals surface area contributed by atoms with Crippen molar-refractivity contribution in [2.75, 3.05) is 0 Å². The van der Waals surface area contributed by atoms with Gasteiger partial charge in [0.1, 0.15) is 0 Å². The topological polar surface area (TPSA) is 267 Å². The van der Waals surface area contributed by atoms with Crippen molar-refractivity contribution in [2.24, 2.45) is 0 Å². The van der Waals surface area contributed by atoms with Crippen LogP contribution >= 0.6 is 7.91 Å². The normalized spacial score (nSPS) is 2.75. The van der Waals surface area contributed by atoms with Gasteiger partial charge >= 0.3 is 92.0 Å². The van der Waals surface area contributed by atoms with E-state index in [1.54, 1.807) is 0 Å². The van der Waals surface area contributed by atoms with Crippen molar-refractivity contribution in [2.45, 2.75) is 22.3 Å². The molecule has 12 nitrogen and oxygen atoms in total. The van der Waals surface area contributed by atoms with Crippen LogP contribution in [0, 0.1) is 0 Å². The van der Waals surface area contributed by atoms with Crippen LogP contribution in [0.1, 0.15) is 25.1 Å². The summed E-state index contributed by atoms with van der Waals surface area (Å²) in [6.07, 6.45) is 0.250. The average Bonchev–Trinajstić information content (AvgIpc) is 2.06. The van der Waals surface area contributed by atoms with E-state index in [9.17, 15) is 4.53 Å². The Balaban J connectivity index is -0.00000000248. The van der Waals surface area contributed by atoms with Crippen LogP contribution in [-0.2, 0) is 33.1 Å². The smallest absolute Gasteiger partial charge is 1.00 e. The van der Waals surface area contributed by atoms with Crippen LogP contribution in [0.4, 0.5) is 13.9 Å². The van der Waals surface area contributed by atoms with Crippen molar-refractivity contribution in [1.29, 1.82) is 0 Å². The second-order valence-corrected chi connectivity index (χ2v) is 1.15. The van der Waals surface area contributed by atoms with Crippen LogP contribution in [0.15, 0.2) is 0 Å². The maximum Gasteiger partial charge on any atom is 1.00 e. The van der Waals surface area contributed by atoms with E-state index in [4.69, 9.17) is 28.8 Å². The summed E-state index contributed by atoms with van der Waals surface area (Å²) >= 11 is 0. The largest absolute Gasteiger partial charge is 1.00 e. The van der Waals surface area contributed by atoms with Crippen molar-refractivity contribution in [3.8, 4) is 0 Å². The second kappa shape index (κ2) is 201. The second-order valence-electron chi connectivity index (χ2n) is 0.568. The van der Waals surface area contributed by atoms with Gasteiger partial charge in [-0.15, -0.1) is 0 Å². The molecule has 0 unspecified atom stereocenters. The fourth-order valence-electron chi connectivity index (χ4n) is 0. The number of hydrogen-bond acceptors (Lipinski definition) is 12. The molecule has 0 fully saturated rings. The van der Waals surface area contributed by atoms with Gasteiger partial charge in [0.25, 0.3) is 6.47 Å². The summed E-state index contributed by atoms with van der Waals surface area (Å²) < 4.78 is 29.8. The zero-order valence-corrected chi connectivity index (χ0v) is 16.7. The molecule has 19 heteroatoms. The summed E-state index contributed by atoms with van der Waals surface area (Å²) in [5.41, 5.74) is 0. The predicted octanol–water partition coefficient (Wildman–Crippen LogP) is -7.08. The van der Waals surface area contributed by atoms with E-state index in [2.05, 4.69) is 9.62 Å². The van der Waals surface area contributed by atoms with E-state index in [0.29, 0.717) is 0 Å². The van der Waals surface area contributed by atoms with Gasteiger partial charge in [-0.3, -0.25) is 14.2 Å². The van der Waals surface area contributed by atoms with Crippen molar-refractivity contribution < 1.29 is 133 Å². The number of rotatable bonds is 2. The van der Waals surface area contributed by atoms with Gasteiger partial charge in [0.2, 0.25) is 0 Å². The Bertz CT molecular complexity index is 224. The van der Waals surface area contributed by atoms with Gasteiger partial charge < -0.3 is 37.6 Å². The number of carbonyl (C=O) groups excluding carboxylic acids is 3. The predicted molar refractivity (Wildman–Crippen MR) is 70.2 cm³/mol. The van der Waals surface area contributed by atoms with Crippen molar-refractivity contribution in [3.63, 3.8) is 0 Å². The van der Waals surface area contributed by atoms with E-state index in [0.717, 1.165) is 0 Å². The summed E-state index contributed by atoms with van der Waals surface area (Å²) in [6, 6.07) is 0. The van der Waals surface area contributed by atoms with Crippen molar-refractivity contribution in [3.05, 3.63) is 0 Å². The molecule has 0 aliphatic rings. The third-order valence-corrected chi connectivity index (χ3v) is 0.208. The van der Waals surface area contributed by atoms with E-state index in [1.807, 2.05) is 0 Å². The molecular formula is C5H29F3LiN4Na2O8P. The van der Waals surface area contributed by atoms with E-state index >= 15 is 0 Å². The first kappa shape index (κ1) is 145. The number of halogens is 3. The van der Waals surface area contributed by atoms with Crippen LogP contribution in [0.2, 0.25) is 0 Å². The van der Waals surface area contributed by atoms with E-state index in [-0.39, 0.29) is 150 Å². The summed E-state index contributed by atoms with van der Waals surface area (Å²) in [5, 5.41) is 8.43. The molecule has 0 amide bonds. The summed E-state index contributed by atoms with van der Waals surface area (Å²) in [7, 11) is -3.26. The average molecular weight is 414 g/mol. The van der Waals surface area contributed by atoms with Crippen LogP contribution < -0.4 is 108 Å². The molecule has 0 saturated carbocycles. The van der Waals surface area contributed by atoms with Gasteiger partial charge in [-0.1, -0.05) is 27.0 Å². The molecule has 0 bridgehead atoms. The molecule has 0 rings (SSSR count). The Morgan fingerprint density at radius 2 is 1.04 bits per heavy atom. The summed E-state index contributed by atoms with van der Waals surface area (Å²) in [5.74, 6) is 0. The first-order chi connectivity index (χ1) is 5.60. The SMILES string of the molecule is C.C.C.F.F.N.N.N.N.O=C=O.O=CO[O-].O=P(=O)OF.[H-].[H-].[Li+].[Na+].[Na+]. The summed E-state index contributed by atoms with van der Waals surface area (Å²) in [4.78, 5) is 27.5. The fourth-order valence-corrected chi connectivity index (χ4v) is 0. The van der Waals surface area contributed by atoms with Gasteiger partial charge in [0, 0.05) is 0 Å². The zero-order chi connectivity index (χ0) is 10.4. The zero-order valence-electron chi connectivity index (χ0n) is 13.8. The summed E-state index contributed by atoms with van der Waals surface area (Å²) in [6.45, 7) is -0.181. The van der Waals surface area contributed by atoms with Crippen LogP contribution in [-0.4, -0.2) is 12.6 Å². The Labute approximate surface area is 199 Å². The molecule has 0 heterocycles. The molecule has 0 spiro atoms. The van der Waals surface area contributed by atoms with Gasteiger partial charge in [0.05, 0.1) is 0 Å². The molecule has 0 aliphatic heterocycles. The maximum absolute atomic E-state index is 10.0. The van der Waals surface area contributed by atoms with Crippen molar-refractivity contribution in [1.82, 2.24) is 24.6 Å². The van der Waals surface area contributed by atoms with E-state index in [1.165, 1.54) is 0 Å². The standard InChI is InChI=1S/CH2O3.CO2.3CH4.FO3P.2FH.Li.4H3N.2Na.2H/c2-1-4-3;2-1-3;;;;1-4-5(2)3;;;;;;;;;;;/h1,3H;;3*1H4;;2*1H;;4*1H3;;;;/q;;;;;;;;+1;;;;;2*+1;2*-1/p-1. The van der Waals surface area contributed by atoms with Gasteiger partial charge in [-0.05, 0) is 4.53 Å². The minimum Gasteiger partial charge on any atom is -1.00 e. The Morgan fingerprint density at radius 3 is 1.04 bits per heavy atom. The minimum absolute atomic E-state index is 0. The Morgan fingerprint density at radius 1 is 0.958 bits per heavy atom. The maximum atomic E-state index is 10.0. The van der Waals surface area contributed by atoms with Gasteiger partial charge in [0.15, 0.2) is 0 Å². The molecule has 0 aromatic rings. The molecule has 0 aliphatic carbocycles.